The van der Waals surface area contributed by atoms with E-state index in [0.717, 1.165) is 26.2 Å². The van der Waals surface area contributed by atoms with E-state index in [0.29, 0.717) is 0 Å². The van der Waals surface area contributed by atoms with Crippen LogP contribution in [0, 0.1) is 6.92 Å². The molecule has 0 radical (unpaired) electrons. The Balaban J connectivity index is 2.13. The summed E-state index contributed by atoms with van der Waals surface area (Å²) in [5, 5.41) is 3.38. The molecule has 0 aromatic heterocycles. The molecule has 0 spiro atoms. The van der Waals surface area contributed by atoms with Gasteiger partial charge in [-0.3, -0.25) is 0 Å². The molecule has 1 aliphatic rings. The number of rotatable bonds is 2. The minimum atomic E-state index is 1.10. The van der Waals surface area contributed by atoms with Gasteiger partial charge in [0.05, 0.1) is 0 Å². The Morgan fingerprint density at radius 1 is 1.25 bits per heavy atom. The second kappa shape index (κ2) is 5.17. The van der Waals surface area contributed by atoms with Crippen molar-refractivity contribution in [2.75, 3.05) is 26.2 Å². The molecule has 1 aromatic carbocycles. The van der Waals surface area contributed by atoms with Crippen LogP contribution < -0.4 is 5.32 Å². The van der Waals surface area contributed by atoms with Gasteiger partial charge in [-0.25, -0.2) is 0 Å². The summed E-state index contributed by atoms with van der Waals surface area (Å²) >= 11 is 0. The molecule has 0 saturated carbocycles. The van der Waals surface area contributed by atoms with Gasteiger partial charge in [0.15, 0.2) is 0 Å². The number of nitrogens with one attached hydrogen (secondary N) is 1. The zero-order chi connectivity index (χ0) is 11.4. The van der Waals surface area contributed by atoms with Crippen molar-refractivity contribution in [2.45, 2.75) is 13.8 Å². The fourth-order valence-corrected chi connectivity index (χ4v) is 2.08. The molecule has 0 atom stereocenters. The van der Waals surface area contributed by atoms with Crippen LogP contribution in [0.2, 0.25) is 0 Å². The number of aryl methyl sites for hydroxylation is 1. The number of hydrogen-bond acceptors (Lipinski definition) is 2. The molecule has 0 bridgehead atoms. The van der Waals surface area contributed by atoms with E-state index in [1.54, 1.807) is 0 Å². The van der Waals surface area contributed by atoms with Gasteiger partial charge in [-0.2, -0.15) is 0 Å². The topological polar surface area (TPSA) is 15.3 Å². The van der Waals surface area contributed by atoms with Crippen molar-refractivity contribution in [2.24, 2.45) is 0 Å². The Morgan fingerprint density at radius 2 is 1.94 bits per heavy atom. The predicted molar refractivity (Wildman–Crippen MR) is 69.3 cm³/mol. The summed E-state index contributed by atoms with van der Waals surface area (Å²) in [6, 6.07) is 8.54. The SMILES string of the molecule is CC(=Cc1ccccc1C)N1CCNCC1. The summed E-state index contributed by atoms with van der Waals surface area (Å²) in [6.45, 7) is 8.80. The average Bonchev–Trinajstić information content (AvgIpc) is 2.33. The third-order valence-corrected chi connectivity index (χ3v) is 3.17. The number of nitrogens with zero attached hydrogens (tertiary/aromatic N) is 1. The lowest BCUT2D eigenvalue weighted by molar-refractivity contribution is 0.302. The molecule has 86 valence electrons. The second-order valence-corrected chi connectivity index (χ2v) is 4.38. The maximum absolute atomic E-state index is 3.38. The van der Waals surface area contributed by atoms with Gasteiger partial charge in [0, 0.05) is 31.9 Å². The number of hydrogen-bond donors (Lipinski definition) is 1. The van der Waals surface area contributed by atoms with E-state index in [2.05, 4.69) is 54.4 Å². The second-order valence-electron chi connectivity index (χ2n) is 4.38. The lowest BCUT2D eigenvalue weighted by Crippen LogP contribution is -2.42. The summed E-state index contributed by atoms with van der Waals surface area (Å²) in [5.41, 5.74) is 4.05. The van der Waals surface area contributed by atoms with E-state index in [1.165, 1.54) is 16.8 Å². The molecular weight excluding hydrogens is 196 g/mol. The molecule has 2 nitrogen and oxygen atoms in total. The Kier molecular flexibility index (Phi) is 3.62. The Morgan fingerprint density at radius 3 is 2.62 bits per heavy atom. The summed E-state index contributed by atoms with van der Waals surface area (Å²) in [5.74, 6) is 0. The lowest BCUT2D eigenvalue weighted by atomic mass is 10.1. The third kappa shape index (κ3) is 2.64. The van der Waals surface area contributed by atoms with Crippen LogP contribution in [0.3, 0.4) is 0 Å². The van der Waals surface area contributed by atoms with Gasteiger partial charge >= 0.3 is 0 Å². The highest BCUT2D eigenvalue weighted by Crippen LogP contribution is 2.14. The van der Waals surface area contributed by atoms with Crippen molar-refractivity contribution in [3.8, 4) is 0 Å². The van der Waals surface area contributed by atoms with Gasteiger partial charge in [-0.1, -0.05) is 24.3 Å². The third-order valence-electron chi connectivity index (χ3n) is 3.17. The highest BCUT2D eigenvalue weighted by molar-refractivity contribution is 5.55. The fourth-order valence-electron chi connectivity index (χ4n) is 2.08. The van der Waals surface area contributed by atoms with Crippen LogP contribution in [0.15, 0.2) is 30.0 Å². The van der Waals surface area contributed by atoms with Crippen molar-refractivity contribution in [3.63, 3.8) is 0 Å². The first-order valence-electron chi connectivity index (χ1n) is 5.97. The maximum atomic E-state index is 3.38. The van der Waals surface area contributed by atoms with E-state index in [4.69, 9.17) is 0 Å². The van der Waals surface area contributed by atoms with Gasteiger partial charge < -0.3 is 10.2 Å². The minimum Gasteiger partial charge on any atom is -0.372 e. The van der Waals surface area contributed by atoms with Gasteiger partial charge in [-0.15, -0.1) is 0 Å². The van der Waals surface area contributed by atoms with Crippen LogP contribution in [0.1, 0.15) is 18.1 Å². The van der Waals surface area contributed by atoms with Crippen molar-refractivity contribution in [3.05, 3.63) is 41.1 Å². The largest absolute Gasteiger partial charge is 0.372 e. The zero-order valence-corrected chi connectivity index (χ0v) is 10.2. The highest BCUT2D eigenvalue weighted by atomic mass is 15.2. The summed E-state index contributed by atoms with van der Waals surface area (Å²) in [6.07, 6.45) is 2.29. The average molecular weight is 216 g/mol. The molecule has 2 heteroatoms. The van der Waals surface area contributed by atoms with Gasteiger partial charge in [0.2, 0.25) is 0 Å². The van der Waals surface area contributed by atoms with Gasteiger partial charge in [0.1, 0.15) is 0 Å². The molecule has 0 amide bonds. The molecular formula is C14H20N2. The molecule has 2 rings (SSSR count). The first kappa shape index (κ1) is 11.2. The Labute approximate surface area is 98.0 Å². The fraction of sp³-hybridized carbons (Fsp3) is 0.429. The van der Waals surface area contributed by atoms with Crippen molar-refractivity contribution in [1.29, 1.82) is 0 Å². The summed E-state index contributed by atoms with van der Waals surface area (Å²) < 4.78 is 0. The minimum absolute atomic E-state index is 1.10. The van der Waals surface area contributed by atoms with Crippen molar-refractivity contribution < 1.29 is 0 Å². The molecule has 0 unspecified atom stereocenters. The quantitative estimate of drug-likeness (QED) is 0.816. The van der Waals surface area contributed by atoms with Crippen LogP contribution in [-0.4, -0.2) is 31.1 Å². The van der Waals surface area contributed by atoms with Crippen LogP contribution >= 0.6 is 0 Å². The van der Waals surface area contributed by atoms with Crippen molar-refractivity contribution >= 4 is 6.08 Å². The maximum Gasteiger partial charge on any atom is 0.0300 e. The number of piperazine rings is 1. The molecule has 1 aliphatic heterocycles. The number of allylic oxidation sites excluding steroid dienone is 1. The predicted octanol–water partition coefficient (Wildman–Crippen LogP) is 2.26. The van der Waals surface area contributed by atoms with Gasteiger partial charge in [-0.05, 0) is 31.1 Å². The van der Waals surface area contributed by atoms with Crippen LogP contribution in [0.5, 0.6) is 0 Å². The van der Waals surface area contributed by atoms with E-state index >= 15 is 0 Å². The normalized spacial score (nSPS) is 17.6. The van der Waals surface area contributed by atoms with E-state index in [1.807, 2.05) is 0 Å². The molecule has 0 aliphatic carbocycles. The number of benzene rings is 1. The first-order valence-corrected chi connectivity index (χ1v) is 5.97. The Hall–Kier alpha value is -1.28. The van der Waals surface area contributed by atoms with E-state index in [9.17, 15) is 0 Å². The van der Waals surface area contributed by atoms with Crippen molar-refractivity contribution in [1.82, 2.24) is 10.2 Å². The molecule has 1 heterocycles. The van der Waals surface area contributed by atoms with Crippen LogP contribution in [-0.2, 0) is 0 Å². The van der Waals surface area contributed by atoms with Crippen LogP contribution in [0.25, 0.3) is 6.08 Å². The standard InChI is InChI=1S/C14H20N2/c1-12-5-3-4-6-14(12)11-13(2)16-9-7-15-8-10-16/h3-6,11,15H,7-10H2,1-2H3. The Bertz CT molecular complexity index is 376. The molecule has 16 heavy (non-hydrogen) atoms. The monoisotopic (exact) mass is 216 g/mol. The van der Waals surface area contributed by atoms with Crippen LogP contribution in [0.4, 0.5) is 0 Å². The summed E-state index contributed by atoms with van der Waals surface area (Å²) in [4.78, 5) is 2.45. The zero-order valence-electron chi connectivity index (χ0n) is 10.2. The molecule has 1 fully saturated rings. The van der Waals surface area contributed by atoms with Gasteiger partial charge in [0.25, 0.3) is 0 Å². The molecule has 1 saturated heterocycles. The molecule has 1 aromatic rings. The summed E-state index contributed by atoms with van der Waals surface area (Å²) in [7, 11) is 0. The lowest BCUT2D eigenvalue weighted by Gasteiger charge is -2.30. The first-order chi connectivity index (χ1) is 7.77. The smallest absolute Gasteiger partial charge is 0.0300 e. The highest BCUT2D eigenvalue weighted by Gasteiger charge is 2.09. The van der Waals surface area contributed by atoms with E-state index in [-0.39, 0.29) is 0 Å². The van der Waals surface area contributed by atoms with E-state index < -0.39 is 0 Å². The molecule has 1 N–H and O–H groups in total.